The smallest absolute Gasteiger partial charge is 0.307 e. The second kappa shape index (κ2) is 5.82. The molecule has 0 aliphatic carbocycles. The molecule has 0 spiro atoms. The van der Waals surface area contributed by atoms with Crippen molar-refractivity contribution in [1.29, 1.82) is 0 Å². The van der Waals surface area contributed by atoms with E-state index in [1.807, 2.05) is 0 Å². The summed E-state index contributed by atoms with van der Waals surface area (Å²) in [6.07, 6.45) is 0. The molecule has 0 fully saturated rings. The van der Waals surface area contributed by atoms with Crippen LogP contribution in [0.15, 0.2) is 17.0 Å². The molecule has 0 saturated heterocycles. The zero-order valence-electron chi connectivity index (χ0n) is 10.7. The first-order valence-electron chi connectivity index (χ1n) is 5.36. The van der Waals surface area contributed by atoms with E-state index in [2.05, 4.69) is 4.72 Å². The maximum atomic E-state index is 12.1. The Kier molecular flexibility index (Phi) is 4.99. The lowest BCUT2D eigenvalue weighted by molar-refractivity contribution is -0.384. The lowest BCUT2D eigenvalue weighted by Gasteiger charge is -2.19. The molecule has 0 aliphatic heterocycles. The van der Waals surface area contributed by atoms with Crippen molar-refractivity contribution in [2.45, 2.75) is 24.3 Å². The Balaban J connectivity index is 3.27. The fourth-order valence-corrected chi connectivity index (χ4v) is 3.37. The Labute approximate surface area is 126 Å². The quantitative estimate of drug-likeness (QED) is 0.626. The number of nitro groups is 1. The van der Waals surface area contributed by atoms with Gasteiger partial charge in [0.25, 0.3) is 0 Å². The fourth-order valence-electron chi connectivity index (χ4n) is 1.26. The van der Waals surface area contributed by atoms with Gasteiger partial charge in [-0.2, -0.15) is 0 Å². The van der Waals surface area contributed by atoms with Crippen LogP contribution in [0.25, 0.3) is 0 Å². The summed E-state index contributed by atoms with van der Waals surface area (Å²) in [5, 5.41) is 10.1. The van der Waals surface area contributed by atoms with Gasteiger partial charge in [-0.3, -0.25) is 10.1 Å². The van der Waals surface area contributed by atoms with Crippen LogP contribution < -0.4 is 10.5 Å². The summed E-state index contributed by atoms with van der Waals surface area (Å²) >= 11 is 11.4. The molecule has 20 heavy (non-hydrogen) atoms. The van der Waals surface area contributed by atoms with Crippen LogP contribution in [0.3, 0.4) is 0 Å². The first-order chi connectivity index (χ1) is 8.96. The highest BCUT2D eigenvalue weighted by Crippen LogP contribution is 2.36. The van der Waals surface area contributed by atoms with Crippen molar-refractivity contribution in [3.8, 4) is 0 Å². The van der Waals surface area contributed by atoms with Crippen LogP contribution in [0.2, 0.25) is 10.0 Å². The SMILES string of the molecule is CC(C)(N)CNS(=O)(=O)c1ccc(Cl)c([N+](=O)[O-])c1Cl. The average Bonchev–Trinajstić information content (AvgIpc) is 2.24. The molecule has 1 aromatic carbocycles. The van der Waals surface area contributed by atoms with Crippen molar-refractivity contribution in [2.24, 2.45) is 5.73 Å². The number of rotatable bonds is 5. The number of sulfonamides is 1. The topological polar surface area (TPSA) is 115 Å². The highest BCUT2D eigenvalue weighted by molar-refractivity contribution is 7.89. The van der Waals surface area contributed by atoms with Crippen LogP contribution in [0, 0.1) is 10.1 Å². The minimum atomic E-state index is -4.02. The molecule has 0 radical (unpaired) electrons. The monoisotopic (exact) mass is 341 g/mol. The maximum absolute atomic E-state index is 12.1. The van der Waals surface area contributed by atoms with E-state index in [1.54, 1.807) is 13.8 Å². The van der Waals surface area contributed by atoms with Gasteiger partial charge in [-0.1, -0.05) is 23.2 Å². The van der Waals surface area contributed by atoms with Gasteiger partial charge in [-0.05, 0) is 26.0 Å². The molecule has 1 aromatic rings. The van der Waals surface area contributed by atoms with Gasteiger partial charge in [-0.25, -0.2) is 13.1 Å². The fraction of sp³-hybridized carbons (Fsp3) is 0.400. The minimum absolute atomic E-state index is 0.0535. The van der Waals surface area contributed by atoms with E-state index in [0.717, 1.165) is 12.1 Å². The van der Waals surface area contributed by atoms with Crippen LogP contribution in [-0.4, -0.2) is 25.4 Å². The largest absolute Gasteiger partial charge is 0.324 e. The van der Waals surface area contributed by atoms with Crippen LogP contribution in [0.5, 0.6) is 0 Å². The Bertz CT molecular complexity index is 641. The third-order valence-corrected chi connectivity index (χ3v) is 4.46. The molecular weight excluding hydrogens is 329 g/mol. The third-order valence-electron chi connectivity index (χ3n) is 2.22. The number of hydrogen-bond acceptors (Lipinski definition) is 5. The van der Waals surface area contributed by atoms with Gasteiger partial charge in [0.2, 0.25) is 10.0 Å². The van der Waals surface area contributed by atoms with Crippen LogP contribution in [0.4, 0.5) is 5.69 Å². The van der Waals surface area contributed by atoms with Crippen molar-refractivity contribution in [3.05, 3.63) is 32.3 Å². The van der Waals surface area contributed by atoms with Crippen LogP contribution in [0.1, 0.15) is 13.8 Å². The Morgan fingerprint density at radius 2 is 1.95 bits per heavy atom. The molecule has 0 amide bonds. The molecule has 3 N–H and O–H groups in total. The second-order valence-electron chi connectivity index (χ2n) is 4.78. The van der Waals surface area contributed by atoms with Gasteiger partial charge in [0.1, 0.15) is 14.9 Å². The van der Waals surface area contributed by atoms with E-state index in [0.29, 0.717) is 0 Å². The molecule has 1 rings (SSSR count). The second-order valence-corrected chi connectivity index (χ2v) is 7.30. The van der Waals surface area contributed by atoms with Gasteiger partial charge in [0.05, 0.1) is 4.92 Å². The first-order valence-corrected chi connectivity index (χ1v) is 7.60. The standard InChI is InChI=1S/C10H13Cl2N3O4S/c1-10(2,13)5-14-20(18,19)7-4-3-6(11)9(8(7)12)15(16)17/h3-4,14H,5,13H2,1-2H3. The molecule has 0 heterocycles. The van der Waals surface area contributed by atoms with Crippen LogP contribution >= 0.6 is 23.2 Å². The number of hydrogen-bond donors (Lipinski definition) is 2. The highest BCUT2D eigenvalue weighted by atomic mass is 35.5. The summed E-state index contributed by atoms with van der Waals surface area (Å²) < 4.78 is 26.4. The number of nitro benzene ring substituents is 1. The molecule has 0 aliphatic rings. The lowest BCUT2D eigenvalue weighted by atomic mass is 10.1. The number of nitrogens with two attached hydrogens (primary N) is 1. The summed E-state index contributed by atoms with van der Waals surface area (Å²) in [6, 6.07) is 2.21. The summed E-state index contributed by atoms with van der Waals surface area (Å²) in [5.74, 6) is 0. The molecule has 0 bridgehead atoms. The number of benzene rings is 1. The normalized spacial score (nSPS) is 12.4. The first kappa shape index (κ1) is 17.1. The van der Waals surface area contributed by atoms with Crippen molar-refractivity contribution < 1.29 is 13.3 Å². The van der Waals surface area contributed by atoms with Crippen LogP contribution in [-0.2, 0) is 10.0 Å². The van der Waals surface area contributed by atoms with Crippen molar-refractivity contribution in [3.63, 3.8) is 0 Å². The molecule has 7 nitrogen and oxygen atoms in total. The molecular formula is C10H13Cl2N3O4S. The molecule has 0 unspecified atom stereocenters. The molecule has 0 saturated carbocycles. The average molecular weight is 342 g/mol. The third kappa shape index (κ3) is 4.03. The van der Waals surface area contributed by atoms with E-state index >= 15 is 0 Å². The zero-order valence-corrected chi connectivity index (χ0v) is 13.0. The Morgan fingerprint density at radius 1 is 1.40 bits per heavy atom. The maximum Gasteiger partial charge on any atom is 0.307 e. The van der Waals surface area contributed by atoms with E-state index in [1.165, 1.54) is 0 Å². The predicted molar refractivity (Wildman–Crippen MR) is 76.6 cm³/mol. The number of nitrogens with one attached hydrogen (secondary N) is 1. The minimum Gasteiger partial charge on any atom is -0.324 e. The zero-order chi connectivity index (χ0) is 15.7. The van der Waals surface area contributed by atoms with Gasteiger partial charge < -0.3 is 5.73 Å². The molecule has 0 aromatic heterocycles. The number of nitrogens with zero attached hydrogens (tertiary/aromatic N) is 1. The summed E-state index contributed by atoms with van der Waals surface area (Å²) in [5.41, 5.74) is 4.24. The van der Waals surface area contributed by atoms with Crippen molar-refractivity contribution in [1.82, 2.24) is 4.72 Å². The van der Waals surface area contributed by atoms with E-state index < -0.39 is 36.1 Å². The van der Waals surface area contributed by atoms with E-state index in [-0.39, 0.29) is 11.6 Å². The van der Waals surface area contributed by atoms with Gasteiger partial charge in [0.15, 0.2) is 0 Å². The highest BCUT2D eigenvalue weighted by Gasteiger charge is 2.28. The molecule has 10 heteroatoms. The van der Waals surface area contributed by atoms with E-state index in [4.69, 9.17) is 28.9 Å². The summed E-state index contributed by atoms with van der Waals surface area (Å²) in [6.45, 7) is 3.20. The molecule has 0 atom stereocenters. The van der Waals surface area contributed by atoms with E-state index in [9.17, 15) is 18.5 Å². The van der Waals surface area contributed by atoms with Gasteiger partial charge in [-0.15, -0.1) is 0 Å². The van der Waals surface area contributed by atoms with Crippen molar-refractivity contribution >= 4 is 38.9 Å². The molecule has 112 valence electrons. The Morgan fingerprint density at radius 3 is 2.40 bits per heavy atom. The summed E-state index contributed by atoms with van der Waals surface area (Å²) in [7, 11) is -4.02. The predicted octanol–water partition coefficient (Wildman–Crippen LogP) is 1.92. The summed E-state index contributed by atoms with van der Waals surface area (Å²) in [4.78, 5) is 9.59. The Hall–Kier alpha value is -0.930. The van der Waals surface area contributed by atoms with Crippen molar-refractivity contribution in [2.75, 3.05) is 6.54 Å². The van der Waals surface area contributed by atoms with Gasteiger partial charge >= 0.3 is 5.69 Å². The lowest BCUT2D eigenvalue weighted by Crippen LogP contribution is -2.45. The number of halogens is 2. The van der Waals surface area contributed by atoms with Gasteiger partial charge in [0, 0.05) is 12.1 Å².